The molecule has 0 atom stereocenters. The molecular weight excluding hydrogens is 238 g/mol. The summed E-state index contributed by atoms with van der Waals surface area (Å²) < 4.78 is 0. The molecule has 0 saturated heterocycles. The van der Waals surface area contributed by atoms with E-state index in [0.717, 1.165) is 5.56 Å². The monoisotopic (exact) mass is 247 g/mol. The number of carboxylic acid groups (broad SMARTS) is 1. The van der Waals surface area contributed by atoms with Crippen molar-refractivity contribution < 1.29 is 9.90 Å². The number of halogens is 1. The molecule has 3 nitrogen and oxygen atoms in total. The molecule has 0 fully saturated rings. The summed E-state index contributed by atoms with van der Waals surface area (Å²) in [6.45, 7) is 0. The Bertz CT molecular complexity index is 540. The van der Waals surface area contributed by atoms with Crippen LogP contribution in [0.2, 0.25) is 5.02 Å². The Morgan fingerprint density at radius 3 is 2.59 bits per heavy atom. The molecule has 0 bridgehead atoms. The van der Waals surface area contributed by atoms with Crippen LogP contribution in [-0.2, 0) is 11.2 Å². The van der Waals surface area contributed by atoms with E-state index in [0.29, 0.717) is 16.3 Å². The van der Waals surface area contributed by atoms with E-state index in [2.05, 4.69) is 4.98 Å². The van der Waals surface area contributed by atoms with Gasteiger partial charge in [0.15, 0.2) is 0 Å². The van der Waals surface area contributed by atoms with Gasteiger partial charge in [0.1, 0.15) is 0 Å². The summed E-state index contributed by atoms with van der Waals surface area (Å²) in [5.41, 5.74) is 2.04. The van der Waals surface area contributed by atoms with Gasteiger partial charge in [0, 0.05) is 22.3 Å². The van der Waals surface area contributed by atoms with Crippen LogP contribution < -0.4 is 0 Å². The largest absolute Gasteiger partial charge is 0.481 e. The van der Waals surface area contributed by atoms with E-state index in [-0.39, 0.29) is 6.42 Å². The van der Waals surface area contributed by atoms with Crippen molar-refractivity contribution in [1.82, 2.24) is 4.98 Å². The number of pyridine rings is 1. The minimum Gasteiger partial charge on any atom is -0.481 e. The number of carboxylic acids is 1. The number of hydrogen-bond donors (Lipinski definition) is 1. The third-order valence-corrected chi connectivity index (χ3v) is 2.73. The van der Waals surface area contributed by atoms with Crippen molar-refractivity contribution in [2.45, 2.75) is 6.42 Å². The van der Waals surface area contributed by atoms with Gasteiger partial charge in [-0.3, -0.25) is 9.78 Å². The summed E-state index contributed by atoms with van der Waals surface area (Å²) in [5, 5.41) is 9.31. The minimum absolute atomic E-state index is 0.128. The third kappa shape index (κ3) is 2.63. The van der Waals surface area contributed by atoms with Crippen LogP contribution in [-0.4, -0.2) is 16.1 Å². The SMILES string of the molecule is O=C(O)Cc1c(Cl)ccnc1-c1ccccc1. The molecule has 1 heterocycles. The normalized spacial score (nSPS) is 10.2. The van der Waals surface area contributed by atoms with Gasteiger partial charge in [0.2, 0.25) is 0 Å². The van der Waals surface area contributed by atoms with Crippen LogP contribution in [0.25, 0.3) is 11.3 Å². The number of aromatic nitrogens is 1. The highest BCUT2D eigenvalue weighted by atomic mass is 35.5. The molecule has 1 aromatic carbocycles. The second kappa shape index (κ2) is 4.97. The van der Waals surface area contributed by atoms with Crippen molar-refractivity contribution in [2.75, 3.05) is 0 Å². The van der Waals surface area contributed by atoms with Crippen molar-refractivity contribution in [3.8, 4) is 11.3 Å². The fourth-order valence-electron chi connectivity index (χ4n) is 1.63. The molecule has 0 aliphatic heterocycles. The van der Waals surface area contributed by atoms with Gasteiger partial charge < -0.3 is 5.11 Å². The Labute approximate surface area is 104 Å². The number of rotatable bonds is 3. The van der Waals surface area contributed by atoms with Gasteiger partial charge in [-0.2, -0.15) is 0 Å². The Kier molecular flexibility index (Phi) is 3.40. The molecule has 4 heteroatoms. The maximum atomic E-state index is 10.8. The summed E-state index contributed by atoms with van der Waals surface area (Å²) in [6, 6.07) is 11.0. The zero-order chi connectivity index (χ0) is 12.3. The van der Waals surface area contributed by atoms with Gasteiger partial charge in [-0.1, -0.05) is 41.9 Å². The lowest BCUT2D eigenvalue weighted by molar-refractivity contribution is -0.136. The lowest BCUT2D eigenvalue weighted by Crippen LogP contribution is -2.04. The van der Waals surface area contributed by atoms with Crippen LogP contribution >= 0.6 is 11.6 Å². The van der Waals surface area contributed by atoms with E-state index >= 15 is 0 Å². The van der Waals surface area contributed by atoms with Crippen molar-refractivity contribution in [2.24, 2.45) is 0 Å². The molecule has 0 aliphatic rings. The van der Waals surface area contributed by atoms with E-state index < -0.39 is 5.97 Å². The zero-order valence-corrected chi connectivity index (χ0v) is 9.69. The highest BCUT2D eigenvalue weighted by Crippen LogP contribution is 2.27. The maximum absolute atomic E-state index is 10.8. The Hall–Kier alpha value is -1.87. The summed E-state index contributed by atoms with van der Waals surface area (Å²) in [6.07, 6.45) is 1.45. The first kappa shape index (κ1) is 11.6. The summed E-state index contributed by atoms with van der Waals surface area (Å²) >= 11 is 6.02. The Balaban J connectivity index is 2.54. The van der Waals surface area contributed by atoms with Crippen molar-refractivity contribution in [3.63, 3.8) is 0 Å². The fourth-order valence-corrected chi connectivity index (χ4v) is 1.85. The van der Waals surface area contributed by atoms with E-state index in [1.54, 1.807) is 12.3 Å². The molecule has 86 valence electrons. The first-order valence-electron chi connectivity index (χ1n) is 5.09. The molecule has 1 N–H and O–H groups in total. The van der Waals surface area contributed by atoms with Gasteiger partial charge in [0.05, 0.1) is 12.1 Å². The third-order valence-electron chi connectivity index (χ3n) is 2.37. The highest BCUT2D eigenvalue weighted by molar-refractivity contribution is 6.31. The zero-order valence-electron chi connectivity index (χ0n) is 8.93. The average molecular weight is 248 g/mol. The first-order valence-corrected chi connectivity index (χ1v) is 5.47. The quantitative estimate of drug-likeness (QED) is 0.907. The lowest BCUT2D eigenvalue weighted by atomic mass is 10.0. The summed E-state index contributed by atoms with van der Waals surface area (Å²) in [5.74, 6) is -0.919. The predicted octanol–water partition coefficient (Wildman–Crippen LogP) is 3.03. The van der Waals surface area contributed by atoms with Crippen LogP contribution in [0.4, 0.5) is 0 Å². The number of nitrogens with zero attached hydrogens (tertiary/aromatic N) is 1. The molecule has 17 heavy (non-hydrogen) atoms. The number of aliphatic carboxylic acids is 1. The van der Waals surface area contributed by atoms with Gasteiger partial charge in [-0.15, -0.1) is 0 Å². The molecule has 0 saturated carbocycles. The summed E-state index contributed by atoms with van der Waals surface area (Å²) in [4.78, 5) is 15.0. The van der Waals surface area contributed by atoms with Gasteiger partial charge in [-0.05, 0) is 6.07 Å². The number of carbonyl (C=O) groups is 1. The molecule has 0 radical (unpaired) electrons. The highest BCUT2D eigenvalue weighted by Gasteiger charge is 2.13. The second-order valence-electron chi connectivity index (χ2n) is 3.56. The standard InChI is InChI=1S/C13H10ClNO2/c14-11-6-7-15-13(10(11)8-12(16)17)9-4-2-1-3-5-9/h1-7H,8H2,(H,16,17). The van der Waals surface area contributed by atoms with Crippen LogP contribution in [0.1, 0.15) is 5.56 Å². The second-order valence-corrected chi connectivity index (χ2v) is 3.96. The van der Waals surface area contributed by atoms with Crippen LogP contribution in [0.15, 0.2) is 42.6 Å². The fraction of sp³-hybridized carbons (Fsp3) is 0.0769. The van der Waals surface area contributed by atoms with Crippen LogP contribution in [0, 0.1) is 0 Å². The van der Waals surface area contributed by atoms with Crippen molar-refractivity contribution in [1.29, 1.82) is 0 Å². The van der Waals surface area contributed by atoms with E-state index in [1.807, 2.05) is 30.3 Å². The summed E-state index contributed by atoms with van der Waals surface area (Å²) in [7, 11) is 0. The maximum Gasteiger partial charge on any atom is 0.307 e. The lowest BCUT2D eigenvalue weighted by Gasteiger charge is -2.08. The van der Waals surface area contributed by atoms with Crippen LogP contribution in [0.5, 0.6) is 0 Å². The van der Waals surface area contributed by atoms with Gasteiger partial charge in [-0.25, -0.2) is 0 Å². The minimum atomic E-state index is -0.919. The molecule has 0 amide bonds. The smallest absolute Gasteiger partial charge is 0.307 e. The molecular formula is C13H10ClNO2. The molecule has 0 aliphatic carbocycles. The average Bonchev–Trinajstić information content (AvgIpc) is 2.32. The molecule has 2 rings (SSSR count). The molecule has 0 spiro atoms. The van der Waals surface area contributed by atoms with Gasteiger partial charge in [0.25, 0.3) is 0 Å². The predicted molar refractivity (Wildman–Crippen MR) is 66.0 cm³/mol. The Morgan fingerprint density at radius 1 is 1.24 bits per heavy atom. The first-order chi connectivity index (χ1) is 8.18. The van der Waals surface area contributed by atoms with E-state index in [1.165, 1.54) is 0 Å². The topological polar surface area (TPSA) is 50.2 Å². The molecule has 2 aromatic rings. The molecule has 0 unspecified atom stereocenters. The Morgan fingerprint density at radius 2 is 1.94 bits per heavy atom. The van der Waals surface area contributed by atoms with Gasteiger partial charge >= 0.3 is 5.97 Å². The van der Waals surface area contributed by atoms with E-state index in [9.17, 15) is 4.79 Å². The number of benzene rings is 1. The van der Waals surface area contributed by atoms with Crippen molar-refractivity contribution in [3.05, 3.63) is 53.2 Å². The molecule has 1 aromatic heterocycles. The number of hydrogen-bond acceptors (Lipinski definition) is 2. The van der Waals surface area contributed by atoms with Crippen molar-refractivity contribution >= 4 is 17.6 Å². The van der Waals surface area contributed by atoms with Crippen LogP contribution in [0.3, 0.4) is 0 Å². The van der Waals surface area contributed by atoms with E-state index in [4.69, 9.17) is 16.7 Å².